The minimum atomic E-state index is -0.234. The highest BCUT2D eigenvalue weighted by molar-refractivity contribution is 5.76. The molecule has 1 heterocycles. The minimum Gasteiger partial charge on any atom is -0.423 e. The maximum absolute atomic E-state index is 11.9. The molecule has 2 nitrogen and oxygen atoms in total. The normalized spacial score (nSPS) is 11.7. The molecule has 110 valence electrons. The highest BCUT2D eigenvalue weighted by Crippen LogP contribution is 2.14. The van der Waals surface area contributed by atoms with Crippen LogP contribution in [0.5, 0.6) is 0 Å². The average Bonchev–Trinajstić information content (AvgIpc) is 2.44. The molecule has 0 atom stereocenters. The van der Waals surface area contributed by atoms with Gasteiger partial charge < -0.3 is 4.42 Å². The smallest absolute Gasteiger partial charge is 0.339 e. The van der Waals surface area contributed by atoms with E-state index in [1.54, 1.807) is 0 Å². The number of rotatable bonds is 5. The third-order valence-electron chi connectivity index (χ3n) is 3.48. The predicted octanol–water partition coefficient (Wildman–Crippen LogP) is 5.03. The van der Waals surface area contributed by atoms with Crippen molar-refractivity contribution >= 4 is 11.0 Å². The van der Waals surface area contributed by atoms with Gasteiger partial charge in [-0.25, -0.2) is 4.79 Å². The number of hydrogen-bond acceptors (Lipinski definition) is 2. The molecule has 0 radical (unpaired) electrons. The maximum Gasteiger partial charge on any atom is 0.339 e. The average molecular weight is 282 g/mol. The van der Waals surface area contributed by atoms with Gasteiger partial charge in [-0.15, -0.1) is 0 Å². The maximum atomic E-state index is 11.9. The fourth-order valence-electron chi connectivity index (χ4n) is 2.22. The molecule has 2 heteroatoms. The fourth-order valence-corrected chi connectivity index (χ4v) is 2.22. The SMILES string of the molecule is CC(C)=CCC/C(C)=C/Cc1cc2ccccc2oc1=O. The summed E-state index contributed by atoms with van der Waals surface area (Å²) < 4.78 is 5.34. The van der Waals surface area contributed by atoms with E-state index in [0.717, 1.165) is 23.8 Å². The van der Waals surface area contributed by atoms with Crippen LogP contribution in [0.15, 0.2) is 62.8 Å². The van der Waals surface area contributed by atoms with Crippen molar-refractivity contribution < 1.29 is 4.42 Å². The van der Waals surface area contributed by atoms with Crippen molar-refractivity contribution in [2.75, 3.05) is 0 Å². The molecule has 1 aromatic carbocycles. The molecule has 0 amide bonds. The molecule has 0 unspecified atom stereocenters. The van der Waals surface area contributed by atoms with Crippen LogP contribution in [0.4, 0.5) is 0 Å². The van der Waals surface area contributed by atoms with Gasteiger partial charge in [0.1, 0.15) is 5.58 Å². The van der Waals surface area contributed by atoms with Crippen LogP contribution < -0.4 is 5.63 Å². The van der Waals surface area contributed by atoms with Gasteiger partial charge in [-0.2, -0.15) is 0 Å². The molecule has 2 aromatic rings. The highest BCUT2D eigenvalue weighted by Gasteiger charge is 2.03. The molecule has 0 fully saturated rings. The number of benzene rings is 1. The Morgan fingerprint density at radius 3 is 2.67 bits per heavy atom. The van der Waals surface area contributed by atoms with Crippen LogP contribution in [-0.4, -0.2) is 0 Å². The Bertz CT molecular complexity index is 729. The first-order chi connectivity index (χ1) is 10.1. The zero-order chi connectivity index (χ0) is 15.2. The summed E-state index contributed by atoms with van der Waals surface area (Å²) in [7, 11) is 0. The van der Waals surface area contributed by atoms with Gasteiger partial charge in [0, 0.05) is 10.9 Å². The van der Waals surface area contributed by atoms with Gasteiger partial charge in [0.15, 0.2) is 0 Å². The van der Waals surface area contributed by atoms with E-state index in [1.165, 1.54) is 11.1 Å². The summed E-state index contributed by atoms with van der Waals surface area (Å²) in [6.45, 7) is 6.33. The van der Waals surface area contributed by atoms with Crippen molar-refractivity contribution in [3.8, 4) is 0 Å². The van der Waals surface area contributed by atoms with Crippen LogP contribution in [0.2, 0.25) is 0 Å². The van der Waals surface area contributed by atoms with Crippen LogP contribution in [0, 0.1) is 0 Å². The molecule has 0 spiro atoms. The molecule has 0 aliphatic rings. The number of para-hydroxylation sites is 1. The molecule has 0 saturated heterocycles. The van der Waals surface area contributed by atoms with Gasteiger partial charge in [0.05, 0.1) is 0 Å². The fraction of sp³-hybridized carbons (Fsp3) is 0.316. The topological polar surface area (TPSA) is 30.2 Å². The number of fused-ring (bicyclic) bond motifs is 1. The summed E-state index contributed by atoms with van der Waals surface area (Å²) in [6.07, 6.45) is 7.08. The van der Waals surface area contributed by atoms with E-state index in [9.17, 15) is 4.79 Å². The van der Waals surface area contributed by atoms with Crippen LogP contribution in [0.25, 0.3) is 11.0 Å². The first kappa shape index (κ1) is 15.3. The van der Waals surface area contributed by atoms with Crippen molar-refractivity contribution in [1.82, 2.24) is 0 Å². The van der Waals surface area contributed by atoms with Gasteiger partial charge in [-0.05, 0) is 52.2 Å². The molecule has 0 aliphatic carbocycles. The first-order valence-corrected chi connectivity index (χ1v) is 7.37. The Labute approximate surface area is 125 Å². The van der Waals surface area contributed by atoms with Crippen molar-refractivity contribution in [3.05, 3.63) is 69.6 Å². The summed E-state index contributed by atoms with van der Waals surface area (Å²) in [6, 6.07) is 9.54. The molecule has 21 heavy (non-hydrogen) atoms. The lowest BCUT2D eigenvalue weighted by Gasteiger charge is -2.01. The van der Waals surface area contributed by atoms with E-state index >= 15 is 0 Å². The lowest BCUT2D eigenvalue weighted by atomic mass is 10.1. The van der Waals surface area contributed by atoms with Gasteiger partial charge in [-0.3, -0.25) is 0 Å². The van der Waals surface area contributed by atoms with E-state index < -0.39 is 0 Å². The summed E-state index contributed by atoms with van der Waals surface area (Å²) >= 11 is 0. The zero-order valence-electron chi connectivity index (χ0n) is 13.0. The molecular formula is C19H22O2. The molecule has 0 saturated carbocycles. The summed E-state index contributed by atoms with van der Waals surface area (Å²) in [5.41, 5.74) is 3.78. The Hall–Kier alpha value is -2.09. The predicted molar refractivity (Wildman–Crippen MR) is 88.6 cm³/mol. The molecule has 0 aliphatic heterocycles. The van der Waals surface area contributed by atoms with Gasteiger partial charge >= 0.3 is 5.63 Å². The van der Waals surface area contributed by atoms with Crippen LogP contribution in [0.3, 0.4) is 0 Å². The van der Waals surface area contributed by atoms with E-state index in [0.29, 0.717) is 12.0 Å². The number of allylic oxidation sites excluding steroid dienone is 4. The number of hydrogen-bond donors (Lipinski definition) is 0. The lowest BCUT2D eigenvalue weighted by Crippen LogP contribution is -2.06. The highest BCUT2D eigenvalue weighted by atomic mass is 16.4. The van der Waals surface area contributed by atoms with Crippen molar-refractivity contribution in [2.45, 2.75) is 40.0 Å². The lowest BCUT2D eigenvalue weighted by molar-refractivity contribution is 0.553. The Balaban J connectivity index is 2.10. The second-order valence-electron chi connectivity index (χ2n) is 5.67. The van der Waals surface area contributed by atoms with E-state index in [-0.39, 0.29) is 5.63 Å². The van der Waals surface area contributed by atoms with E-state index in [4.69, 9.17) is 4.42 Å². The molecule has 0 bridgehead atoms. The second-order valence-corrected chi connectivity index (χ2v) is 5.67. The van der Waals surface area contributed by atoms with E-state index in [2.05, 4.69) is 32.9 Å². The summed E-state index contributed by atoms with van der Waals surface area (Å²) in [5.74, 6) is 0. The Kier molecular flexibility index (Phi) is 5.15. The van der Waals surface area contributed by atoms with Gasteiger partial charge in [0.2, 0.25) is 0 Å². The summed E-state index contributed by atoms with van der Waals surface area (Å²) in [5, 5.41) is 0.975. The zero-order valence-corrected chi connectivity index (χ0v) is 13.0. The van der Waals surface area contributed by atoms with E-state index in [1.807, 2.05) is 30.3 Å². The molecular weight excluding hydrogens is 260 g/mol. The quantitative estimate of drug-likeness (QED) is 0.569. The third kappa shape index (κ3) is 4.45. The monoisotopic (exact) mass is 282 g/mol. The van der Waals surface area contributed by atoms with Crippen molar-refractivity contribution in [1.29, 1.82) is 0 Å². The molecule has 2 rings (SSSR count). The summed E-state index contributed by atoms with van der Waals surface area (Å²) in [4.78, 5) is 11.9. The van der Waals surface area contributed by atoms with Crippen molar-refractivity contribution in [2.24, 2.45) is 0 Å². The Morgan fingerprint density at radius 2 is 1.90 bits per heavy atom. The van der Waals surface area contributed by atoms with Crippen LogP contribution >= 0.6 is 0 Å². The van der Waals surface area contributed by atoms with Crippen LogP contribution in [-0.2, 0) is 6.42 Å². The molecule has 1 aromatic heterocycles. The minimum absolute atomic E-state index is 0.234. The van der Waals surface area contributed by atoms with Gasteiger partial charge in [0.25, 0.3) is 0 Å². The van der Waals surface area contributed by atoms with Crippen molar-refractivity contribution in [3.63, 3.8) is 0 Å². The first-order valence-electron chi connectivity index (χ1n) is 7.37. The third-order valence-corrected chi connectivity index (χ3v) is 3.48. The second kappa shape index (κ2) is 7.07. The van der Waals surface area contributed by atoms with Crippen LogP contribution in [0.1, 0.15) is 39.2 Å². The molecule has 0 N–H and O–H groups in total. The Morgan fingerprint density at radius 1 is 1.14 bits per heavy atom. The standard InChI is InChI=1S/C19H22O2/c1-14(2)7-6-8-15(3)11-12-17-13-16-9-4-5-10-18(16)21-19(17)20/h4-5,7,9-11,13H,6,8,12H2,1-3H3/b15-11+. The largest absolute Gasteiger partial charge is 0.423 e. The van der Waals surface area contributed by atoms with Gasteiger partial charge in [-0.1, -0.05) is 41.5 Å².